The lowest BCUT2D eigenvalue weighted by Crippen LogP contribution is -2.17. The summed E-state index contributed by atoms with van der Waals surface area (Å²) < 4.78 is 5.66. The fraction of sp³-hybridized carbons (Fsp3) is 0.538. The van der Waals surface area contributed by atoms with Crippen LogP contribution in [-0.4, -0.2) is 12.6 Å². The molecule has 0 unspecified atom stereocenters. The molecule has 0 aliphatic rings. The standard InChI is InChI=1S/C13H21NO/c1-5-14-11(4)12-7-6-8-13(9-12)15-10(2)3/h6-11,14H,5H2,1-4H3/t11-/m1/s1. The first kappa shape index (κ1) is 12.1. The van der Waals surface area contributed by atoms with Crippen molar-refractivity contribution in [2.45, 2.75) is 39.8 Å². The van der Waals surface area contributed by atoms with Crippen molar-refractivity contribution >= 4 is 0 Å². The molecule has 2 heteroatoms. The Morgan fingerprint density at radius 1 is 1.27 bits per heavy atom. The molecular formula is C13H21NO. The molecule has 15 heavy (non-hydrogen) atoms. The van der Waals surface area contributed by atoms with Crippen LogP contribution in [0.2, 0.25) is 0 Å². The molecule has 0 aromatic heterocycles. The van der Waals surface area contributed by atoms with Crippen LogP contribution in [0.3, 0.4) is 0 Å². The molecule has 0 radical (unpaired) electrons. The number of hydrogen-bond donors (Lipinski definition) is 1. The zero-order chi connectivity index (χ0) is 11.3. The first-order valence-electron chi connectivity index (χ1n) is 5.63. The molecule has 2 nitrogen and oxygen atoms in total. The van der Waals surface area contributed by atoms with Gasteiger partial charge < -0.3 is 10.1 Å². The van der Waals surface area contributed by atoms with Crippen molar-refractivity contribution in [2.75, 3.05) is 6.54 Å². The quantitative estimate of drug-likeness (QED) is 0.801. The molecule has 0 aliphatic carbocycles. The Bertz CT molecular complexity index is 296. The molecule has 0 spiro atoms. The smallest absolute Gasteiger partial charge is 0.120 e. The monoisotopic (exact) mass is 207 g/mol. The van der Waals surface area contributed by atoms with Gasteiger partial charge in [0.05, 0.1) is 6.10 Å². The van der Waals surface area contributed by atoms with Crippen LogP contribution in [0.15, 0.2) is 24.3 Å². The molecular weight excluding hydrogens is 186 g/mol. The maximum absolute atomic E-state index is 5.66. The molecule has 0 aliphatic heterocycles. The second kappa shape index (κ2) is 5.76. The summed E-state index contributed by atoms with van der Waals surface area (Å²) in [6.45, 7) is 9.35. The first-order valence-corrected chi connectivity index (χ1v) is 5.63. The van der Waals surface area contributed by atoms with Crippen molar-refractivity contribution in [1.82, 2.24) is 5.32 Å². The van der Waals surface area contributed by atoms with E-state index in [1.54, 1.807) is 0 Å². The fourth-order valence-corrected chi connectivity index (χ4v) is 1.55. The molecule has 84 valence electrons. The van der Waals surface area contributed by atoms with Crippen LogP contribution in [0.5, 0.6) is 5.75 Å². The predicted octanol–water partition coefficient (Wildman–Crippen LogP) is 3.14. The molecule has 1 aromatic rings. The van der Waals surface area contributed by atoms with Gasteiger partial charge in [-0.15, -0.1) is 0 Å². The van der Waals surface area contributed by atoms with E-state index < -0.39 is 0 Å². The van der Waals surface area contributed by atoms with Crippen molar-refractivity contribution in [3.05, 3.63) is 29.8 Å². The minimum absolute atomic E-state index is 0.231. The maximum atomic E-state index is 5.66. The zero-order valence-corrected chi connectivity index (χ0v) is 10.1. The van der Waals surface area contributed by atoms with Gasteiger partial charge in [-0.3, -0.25) is 0 Å². The van der Waals surface area contributed by atoms with Gasteiger partial charge in [-0.2, -0.15) is 0 Å². The van der Waals surface area contributed by atoms with E-state index in [2.05, 4.69) is 31.3 Å². The maximum Gasteiger partial charge on any atom is 0.120 e. The van der Waals surface area contributed by atoms with E-state index in [9.17, 15) is 0 Å². The van der Waals surface area contributed by atoms with Gasteiger partial charge in [0.2, 0.25) is 0 Å². The predicted molar refractivity (Wildman–Crippen MR) is 64.3 cm³/mol. The summed E-state index contributed by atoms with van der Waals surface area (Å²) in [5.41, 5.74) is 1.27. The highest BCUT2D eigenvalue weighted by atomic mass is 16.5. The molecule has 1 aromatic carbocycles. The van der Waals surface area contributed by atoms with E-state index in [4.69, 9.17) is 4.74 Å². The Labute approximate surface area is 92.6 Å². The minimum atomic E-state index is 0.231. The molecule has 0 bridgehead atoms. The molecule has 1 N–H and O–H groups in total. The summed E-state index contributed by atoms with van der Waals surface area (Å²) in [7, 11) is 0. The van der Waals surface area contributed by atoms with Crippen molar-refractivity contribution < 1.29 is 4.74 Å². The van der Waals surface area contributed by atoms with Gasteiger partial charge in [0.1, 0.15) is 5.75 Å². The Kier molecular flexibility index (Phi) is 4.63. The average Bonchev–Trinajstić information content (AvgIpc) is 2.17. The number of benzene rings is 1. The van der Waals surface area contributed by atoms with Gasteiger partial charge >= 0.3 is 0 Å². The van der Waals surface area contributed by atoms with E-state index in [1.165, 1.54) is 5.56 Å². The Morgan fingerprint density at radius 2 is 2.00 bits per heavy atom. The summed E-state index contributed by atoms with van der Waals surface area (Å²) in [5, 5.41) is 3.39. The van der Waals surface area contributed by atoms with Crippen molar-refractivity contribution in [2.24, 2.45) is 0 Å². The third-order valence-electron chi connectivity index (χ3n) is 2.24. The zero-order valence-electron chi connectivity index (χ0n) is 10.1. The number of ether oxygens (including phenoxy) is 1. The number of hydrogen-bond acceptors (Lipinski definition) is 2. The minimum Gasteiger partial charge on any atom is -0.491 e. The number of rotatable bonds is 5. The largest absolute Gasteiger partial charge is 0.491 e. The lowest BCUT2D eigenvalue weighted by molar-refractivity contribution is 0.242. The number of nitrogens with one attached hydrogen (secondary N) is 1. The van der Waals surface area contributed by atoms with Crippen molar-refractivity contribution in [1.29, 1.82) is 0 Å². The molecule has 0 amide bonds. The van der Waals surface area contributed by atoms with Crippen molar-refractivity contribution in [3.8, 4) is 5.75 Å². The Hall–Kier alpha value is -1.02. The summed E-state index contributed by atoms with van der Waals surface area (Å²) in [6, 6.07) is 8.65. The van der Waals surface area contributed by atoms with Crippen LogP contribution in [-0.2, 0) is 0 Å². The van der Waals surface area contributed by atoms with Gasteiger partial charge in [-0.1, -0.05) is 19.1 Å². The van der Waals surface area contributed by atoms with Crippen LogP contribution in [0, 0.1) is 0 Å². The average molecular weight is 207 g/mol. The van der Waals surface area contributed by atoms with Crippen molar-refractivity contribution in [3.63, 3.8) is 0 Å². The SMILES string of the molecule is CCN[C@H](C)c1cccc(OC(C)C)c1. The normalized spacial score (nSPS) is 12.9. The van der Waals surface area contributed by atoms with Crippen LogP contribution in [0.25, 0.3) is 0 Å². The summed E-state index contributed by atoms with van der Waals surface area (Å²) in [5.74, 6) is 0.951. The van der Waals surface area contributed by atoms with E-state index in [1.807, 2.05) is 26.0 Å². The van der Waals surface area contributed by atoms with Crippen LogP contribution in [0.1, 0.15) is 39.3 Å². The summed E-state index contributed by atoms with van der Waals surface area (Å²) in [4.78, 5) is 0. The van der Waals surface area contributed by atoms with Crippen LogP contribution in [0.4, 0.5) is 0 Å². The van der Waals surface area contributed by atoms with E-state index >= 15 is 0 Å². The van der Waals surface area contributed by atoms with Gasteiger partial charge in [-0.25, -0.2) is 0 Å². The highest BCUT2D eigenvalue weighted by molar-refractivity contribution is 5.30. The fourth-order valence-electron chi connectivity index (χ4n) is 1.55. The molecule has 1 rings (SSSR count). The first-order chi connectivity index (χ1) is 7.13. The third-order valence-corrected chi connectivity index (χ3v) is 2.24. The summed E-state index contributed by atoms with van der Waals surface area (Å²) in [6.07, 6.45) is 0.231. The highest BCUT2D eigenvalue weighted by Crippen LogP contribution is 2.19. The van der Waals surface area contributed by atoms with Crippen LogP contribution >= 0.6 is 0 Å². The second-order valence-corrected chi connectivity index (χ2v) is 4.02. The topological polar surface area (TPSA) is 21.3 Å². The molecule has 0 fully saturated rings. The third kappa shape index (κ3) is 3.92. The lowest BCUT2D eigenvalue weighted by atomic mass is 10.1. The molecule has 1 atom stereocenters. The molecule has 0 saturated carbocycles. The molecule has 0 heterocycles. The highest BCUT2D eigenvalue weighted by Gasteiger charge is 2.05. The van der Waals surface area contributed by atoms with Gasteiger partial charge in [-0.05, 0) is 45.0 Å². The van der Waals surface area contributed by atoms with Gasteiger partial charge in [0.25, 0.3) is 0 Å². The van der Waals surface area contributed by atoms with Gasteiger partial charge in [0, 0.05) is 6.04 Å². The van der Waals surface area contributed by atoms with E-state index in [0.717, 1.165) is 12.3 Å². The van der Waals surface area contributed by atoms with Gasteiger partial charge in [0.15, 0.2) is 0 Å². The lowest BCUT2D eigenvalue weighted by Gasteiger charge is -2.15. The Morgan fingerprint density at radius 3 is 2.60 bits per heavy atom. The second-order valence-electron chi connectivity index (χ2n) is 4.02. The summed E-state index contributed by atoms with van der Waals surface area (Å²) >= 11 is 0. The molecule has 0 saturated heterocycles. The Balaban J connectivity index is 2.73. The van der Waals surface area contributed by atoms with E-state index in [-0.39, 0.29) is 6.10 Å². The van der Waals surface area contributed by atoms with E-state index in [0.29, 0.717) is 6.04 Å². The van der Waals surface area contributed by atoms with Crippen LogP contribution < -0.4 is 10.1 Å².